The largest absolute Gasteiger partial charge is 0.479 e. The quantitative estimate of drug-likeness (QED) is 0.348. The summed E-state index contributed by atoms with van der Waals surface area (Å²) < 4.78 is 5.09. The molecule has 1 fully saturated rings. The summed E-state index contributed by atoms with van der Waals surface area (Å²) in [6.45, 7) is 3.44. The number of nitrogens with zero attached hydrogens (tertiary/aromatic N) is 1. The Kier molecular flexibility index (Phi) is 8.40. The van der Waals surface area contributed by atoms with E-state index in [0.29, 0.717) is 19.8 Å². The Balaban J connectivity index is 0.000000361. The standard InChI is InChI=1S/C6H12N2O2.C4H6O6/c7-6(9)5-8-1-3-10-4-2-8;5-1(3(7)8)2(6)4(9)10/h1-5H2,(H2,7,9);1-2,5-6H,(H,7,8)(H,9,10). The molecule has 116 valence electrons. The average Bonchev–Trinajstić information content (AvgIpc) is 2.38. The van der Waals surface area contributed by atoms with Crippen molar-refractivity contribution in [3.05, 3.63) is 0 Å². The minimum atomic E-state index is -2.27. The van der Waals surface area contributed by atoms with E-state index in [2.05, 4.69) is 0 Å². The van der Waals surface area contributed by atoms with Crippen molar-refractivity contribution in [2.75, 3.05) is 32.8 Å². The Morgan fingerprint density at radius 3 is 1.75 bits per heavy atom. The normalized spacial score (nSPS) is 18.3. The van der Waals surface area contributed by atoms with Gasteiger partial charge in [0, 0.05) is 13.1 Å². The molecule has 2 atom stereocenters. The van der Waals surface area contributed by atoms with Gasteiger partial charge in [-0.3, -0.25) is 9.69 Å². The second-order valence-electron chi connectivity index (χ2n) is 3.92. The summed E-state index contributed by atoms with van der Waals surface area (Å²) in [4.78, 5) is 31.9. The van der Waals surface area contributed by atoms with E-state index in [4.69, 9.17) is 30.9 Å². The molecule has 0 spiro atoms. The minimum absolute atomic E-state index is 0.262. The Morgan fingerprint density at radius 1 is 1.05 bits per heavy atom. The van der Waals surface area contributed by atoms with Gasteiger partial charge in [0.1, 0.15) is 0 Å². The second-order valence-corrected chi connectivity index (χ2v) is 3.92. The third kappa shape index (κ3) is 7.63. The minimum Gasteiger partial charge on any atom is -0.479 e. The molecule has 1 aliphatic rings. The molecule has 2 unspecified atom stereocenters. The summed E-state index contributed by atoms with van der Waals surface area (Å²) in [5.74, 6) is -3.80. The number of carbonyl (C=O) groups is 3. The maximum atomic E-state index is 10.4. The van der Waals surface area contributed by atoms with Gasteiger partial charge < -0.3 is 30.9 Å². The SMILES string of the molecule is NC(=O)CN1CCOCC1.O=C(O)C(O)C(O)C(=O)O. The zero-order chi connectivity index (χ0) is 15.7. The van der Waals surface area contributed by atoms with E-state index in [1.165, 1.54) is 0 Å². The number of aliphatic carboxylic acids is 2. The highest BCUT2D eigenvalue weighted by Crippen LogP contribution is 1.94. The third-order valence-electron chi connectivity index (χ3n) is 2.29. The van der Waals surface area contributed by atoms with E-state index in [0.717, 1.165) is 13.1 Å². The fourth-order valence-electron chi connectivity index (χ4n) is 1.25. The van der Waals surface area contributed by atoms with Crippen LogP contribution in [0.25, 0.3) is 0 Å². The van der Waals surface area contributed by atoms with Crippen molar-refractivity contribution in [1.82, 2.24) is 4.90 Å². The molecule has 10 nitrogen and oxygen atoms in total. The van der Waals surface area contributed by atoms with Gasteiger partial charge in [0.2, 0.25) is 5.91 Å². The predicted molar refractivity (Wildman–Crippen MR) is 63.7 cm³/mol. The summed E-state index contributed by atoms with van der Waals surface area (Å²) in [6, 6.07) is 0. The number of aliphatic hydroxyl groups excluding tert-OH is 2. The molecule has 0 saturated carbocycles. The number of primary amides is 1. The number of ether oxygens (including phenoxy) is 1. The number of carbonyl (C=O) groups excluding carboxylic acids is 1. The summed E-state index contributed by atoms with van der Waals surface area (Å²) in [5, 5.41) is 32.5. The molecule has 1 heterocycles. The van der Waals surface area contributed by atoms with Crippen molar-refractivity contribution in [1.29, 1.82) is 0 Å². The molecule has 1 rings (SSSR count). The zero-order valence-electron chi connectivity index (χ0n) is 10.6. The number of aliphatic hydroxyl groups is 2. The Morgan fingerprint density at radius 2 is 1.45 bits per heavy atom. The van der Waals surface area contributed by atoms with Crippen LogP contribution in [0.1, 0.15) is 0 Å². The van der Waals surface area contributed by atoms with Crippen molar-refractivity contribution in [2.45, 2.75) is 12.2 Å². The van der Waals surface area contributed by atoms with Gasteiger partial charge in [0.15, 0.2) is 12.2 Å². The van der Waals surface area contributed by atoms with E-state index in [-0.39, 0.29) is 5.91 Å². The summed E-state index contributed by atoms with van der Waals surface area (Å²) in [5.41, 5.74) is 5.00. The lowest BCUT2D eigenvalue weighted by Gasteiger charge is -2.24. The molecule has 0 aromatic heterocycles. The highest BCUT2D eigenvalue weighted by atomic mass is 16.5. The lowest BCUT2D eigenvalue weighted by molar-refractivity contribution is -0.165. The van der Waals surface area contributed by atoms with Crippen LogP contribution in [0.3, 0.4) is 0 Å². The number of carboxylic acid groups (broad SMARTS) is 2. The number of rotatable bonds is 5. The monoisotopic (exact) mass is 294 g/mol. The number of hydrogen-bond donors (Lipinski definition) is 5. The van der Waals surface area contributed by atoms with Gasteiger partial charge in [-0.15, -0.1) is 0 Å². The van der Waals surface area contributed by atoms with E-state index >= 15 is 0 Å². The first-order chi connectivity index (χ1) is 9.25. The van der Waals surface area contributed by atoms with Crippen molar-refractivity contribution in [3.63, 3.8) is 0 Å². The highest BCUT2D eigenvalue weighted by Gasteiger charge is 2.29. The predicted octanol–water partition coefficient (Wildman–Crippen LogP) is -3.32. The number of hydrogen-bond acceptors (Lipinski definition) is 7. The topological polar surface area (TPSA) is 171 Å². The van der Waals surface area contributed by atoms with Crippen LogP contribution >= 0.6 is 0 Å². The van der Waals surface area contributed by atoms with Gasteiger partial charge in [-0.1, -0.05) is 0 Å². The fourth-order valence-corrected chi connectivity index (χ4v) is 1.25. The molecule has 0 aromatic rings. The Labute approximate surface area is 114 Å². The fraction of sp³-hybridized carbons (Fsp3) is 0.700. The number of carboxylic acids is 2. The first-order valence-corrected chi connectivity index (χ1v) is 5.65. The number of nitrogens with two attached hydrogens (primary N) is 1. The average molecular weight is 294 g/mol. The van der Waals surface area contributed by atoms with Crippen molar-refractivity contribution < 1.29 is 39.5 Å². The molecule has 0 bridgehead atoms. The van der Waals surface area contributed by atoms with Crippen LogP contribution in [0.2, 0.25) is 0 Å². The van der Waals surface area contributed by atoms with Crippen LogP contribution in [0.5, 0.6) is 0 Å². The van der Waals surface area contributed by atoms with Crippen molar-refractivity contribution in [2.24, 2.45) is 5.73 Å². The first kappa shape index (κ1) is 18.2. The van der Waals surface area contributed by atoms with Crippen LogP contribution in [0.4, 0.5) is 0 Å². The maximum Gasteiger partial charge on any atom is 0.335 e. The van der Waals surface area contributed by atoms with Gasteiger partial charge in [0.05, 0.1) is 19.8 Å². The smallest absolute Gasteiger partial charge is 0.335 e. The maximum absolute atomic E-state index is 10.4. The summed E-state index contributed by atoms with van der Waals surface area (Å²) in [7, 11) is 0. The molecule has 0 aliphatic carbocycles. The molecule has 0 aromatic carbocycles. The third-order valence-corrected chi connectivity index (χ3v) is 2.29. The zero-order valence-corrected chi connectivity index (χ0v) is 10.6. The molecular formula is C10H18N2O8. The highest BCUT2D eigenvalue weighted by molar-refractivity contribution is 5.83. The van der Waals surface area contributed by atoms with Gasteiger partial charge in [-0.25, -0.2) is 9.59 Å². The van der Waals surface area contributed by atoms with Crippen molar-refractivity contribution in [3.8, 4) is 0 Å². The number of morpholine rings is 1. The molecule has 1 amide bonds. The molecule has 0 radical (unpaired) electrons. The second kappa shape index (κ2) is 9.20. The van der Waals surface area contributed by atoms with E-state index in [1.807, 2.05) is 4.90 Å². The molecule has 1 saturated heterocycles. The Bertz CT molecular complexity index is 324. The van der Waals surface area contributed by atoms with Gasteiger partial charge in [-0.05, 0) is 0 Å². The molecule has 20 heavy (non-hydrogen) atoms. The van der Waals surface area contributed by atoms with Gasteiger partial charge in [-0.2, -0.15) is 0 Å². The van der Waals surface area contributed by atoms with E-state index < -0.39 is 24.1 Å². The lowest BCUT2D eigenvalue weighted by Crippen LogP contribution is -2.41. The van der Waals surface area contributed by atoms with Gasteiger partial charge >= 0.3 is 11.9 Å². The van der Waals surface area contributed by atoms with Crippen LogP contribution < -0.4 is 5.73 Å². The van der Waals surface area contributed by atoms with Crippen molar-refractivity contribution >= 4 is 17.8 Å². The Hall–Kier alpha value is -1.75. The van der Waals surface area contributed by atoms with E-state index in [1.54, 1.807) is 0 Å². The summed E-state index contributed by atoms with van der Waals surface area (Å²) in [6.07, 6.45) is -4.53. The molecule has 1 aliphatic heterocycles. The van der Waals surface area contributed by atoms with Crippen LogP contribution in [-0.4, -0.2) is 88.2 Å². The van der Waals surface area contributed by atoms with Crippen LogP contribution in [-0.2, 0) is 19.1 Å². The molecule has 10 heteroatoms. The van der Waals surface area contributed by atoms with E-state index in [9.17, 15) is 14.4 Å². The first-order valence-electron chi connectivity index (χ1n) is 5.65. The summed E-state index contributed by atoms with van der Waals surface area (Å²) >= 11 is 0. The van der Waals surface area contributed by atoms with Crippen LogP contribution in [0, 0.1) is 0 Å². The van der Waals surface area contributed by atoms with Crippen LogP contribution in [0.15, 0.2) is 0 Å². The number of amides is 1. The molecular weight excluding hydrogens is 276 g/mol. The lowest BCUT2D eigenvalue weighted by atomic mass is 10.2. The molecule has 6 N–H and O–H groups in total. The van der Waals surface area contributed by atoms with Gasteiger partial charge in [0.25, 0.3) is 0 Å².